The van der Waals surface area contributed by atoms with Crippen molar-refractivity contribution in [3.8, 4) is 5.75 Å². The second-order valence-electron chi connectivity index (χ2n) is 6.13. The van der Waals surface area contributed by atoms with Crippen molar-refractivity contribution in [2.75, 3.05) is 19.0 Å². The summed E-state index contributed by atoms with van der Waals surface area (Å²) in [5, 5.41) is 2.81. The number of hydrogen-bond acceptors (Lipinski definition) is 4. The molecule has 0 radical (unpaired) electrons. The van der Waals surface area contributed by atoms with Gasteiger partial charge in [-0.3, -0.25) is 4.79 Å². The average molecular weight is 374 g/mol. The Morgan fingerprint density at radius 3 is 2.50 bits per heavy atom. The molecule has 1 aliphatic heterocycles. The lowest BCUT2D eigenvalue weighted by Gasteiger charge is -2.33. The van der Waals surface area contributed by atoms with Crippen molar-refractivity contribution in [3.63, 3.8) is 0 Å². The number of para-hydroxylation sites is 2. The molecular formula is C19H22N2O4S. The molecule has 2 aromatic rings. The summed E-state index contributed by atoms with van der Waals surface area (Å²) in [6.07, 6.45) is 2.04. The van der Waals surface area contributed by atoms with E-state index in [2.05, 4.69) is 5.32 Å². The highest BCUT2D eigenvalue weighted by Crippen LogP contribution is 2.28. The Kier molecular flexibility index (Phi) is 5.58. The van der Waals surface area contributed by atoms with Crippen molar-refractivity contribution in [1.29, 1.82) is 0 Å². The maximum Gasteiger partial charge on any atom is 0.243 e. The van der Waals surface area contributed by atoms with Crippen LogP contribution in [0, 0.1) is 0 Å². The summed E-state index contributed by atoms with van der Waals surface area (Å²) in [6.45, 7) is 0.335. The topological polar surface area (TPSA) is 75.7 Å². The van der Waals surface area contributed by atoms with Crippen LogP contribution in [0.3, 0.4) is 0 Å². The fraction of sp³-hybridized carbons (Fsp3) is 0.316. The van der Waals surface area contributed by atoms with Crippen LogP contribution in [0.5, 0.6) is 5.75 Å². The maximum atomic E-state index is 13.0. The van der Waals surface area contributed by atoms with Crippen molar-refractivity contribution in [3.05, 3.63) is 54.6 Å². The van der Waals surface area contributed by atoms with Crippen molar-refractivity contribution in [1.82, 2.24) is 4.31 Å². The minimum atomic E-state index is -3.72. The van der Waals surface area contributed by atoms with Crippen LogP contribution < -0.4 is 10.1 Å². The molecule has 138 valence electrons. The molecule has 0 bridgehead atoms. The number of carbonyl (C=O) groups excluding carboxylic acids is 1. The molecule has 1 N–H and O–H groups in total. The molecule has 1 unspecified atom stereocenters. The number of anilines is 1. The molecule has 1 atom stereocenters. The first kappa shape index (κ1) is 18.4. The molecule has 0 aliphatic carbocycles. The Hall–Kier alpha value is -2.38. The highest BCUT2D eigenvalue weighted by Gasteiger charge is 2.37. The van der Waals surface area contributed by atoms with E-state index in [1.54, 1.807) is 54.6 Å². The normalized spacial score (nSPS) is 18.3. The lowest BCUT2D eigenvalue weighted by atomic mass is 10.0. The number of amides is 1. The van der Waals surface area contributed by atoms with Crippen LogP contribution in [0.1, 0.15) is 19.3 Å². The minimum absolute atomic E-state index is 0.206. The fourth-order valence-corrected chi connectivity index (χ4v) is 4.82. The molecule has 1 heterocycles. The molecule has 1 amide bonds. The Labute approximate surface area is 153 Å². The molecule has 1 saturated heterocycles. The number of hydrogen-bond donors (Lipinski definition) is 1. The summed E-state index contributed by atoms with van der Waals surface area (Å²) in [7, 11) is -2.20. The van der Waals surface area contributed by atoms with Gasteiger partial charge in [0.1, 0.15) is 11.8 Å². The summed E-state index contributed by atoms with van der Waals surface area (Å²) >= 11 is 0. The van der Waals surface area contributed by atoms with Crippen LogP contribution in [0.25, 0.3) is 0 Å². The van der Waals surface area contributed by atoms with E-state index in [-0.39, 0.29) is 10.8 Å². The number of sulfonamides is 1. The zero-order chi connectivity index (χ0) is 18.6. The molecule has 0 aromatic heterocycles. The van der Waals surface area contributed by atoms with Crippen LogP contribution in [-0.4, -0.2) is 38.3 Å². The predicted octanol–water partition coefficient (Wildman–Crippen LogP) is 2.88. The first-order chi connectivity index (χ1) is 12.5. The lowest BCUT2D eigenvalue weighted by molar-refractivity contribution is -0.120. The van der Waals surface area contributed by atoms with E-state index in [1.165, 1.54) is 11.4 Å². The van der Waals surface area contributed by atoms with Crippen LogP contribution in [-0.2, 0) is 14.8 Å². The third kappa shape index (κ3) is 3.73. The summed E-state index contributed by atoms with van der Waals surface area (Å²) in [5.74, 6) is 0.197. The van der Waals surface area contributed by atoms with Gasteiger partial charge in [-0.2, -0.15) is 4.31 Å². The van der Waals surface area contributed by atoms with Crippen molar-refractivity contribution >= 4 is 21.6 Å². The Balaban J connectivity index is 1.86. The minimum Gasteiger partial charge on any atom is -0.495 e. The Morgan fingerprint density at radius 2 is 1.77 bits per heavy atom. The molecule has 1 aliphatic rings. The second-order valence-corrected chi connectivity index (χ2v) is 8.02. The van der Waals surface area contributed by atoms with Gasteiger partial charge in [0.15, 0.2) is 0 Å². The van der Waals surface area contributed by atoms with Gasteiger partial charge >= 0.3 is 0 Å². The summed E-state index contributed by atoms with van der Waals surface area (Å²) in [4.78, 5) is 13.1. The van der Waals surface area contributed by atoms with Crippen molar-refractivity contribution in [2.24, 2.45) is 0 Å². The second kappa shape index (κ2) is 7.88. The van der Waals surface area contributed by atoms with Gasteiger partial charge in [0, 0.05) is 6.54 Å². The SMILES string of the molecule is COc1ccccc1NC(=O)C1CCCCN1S(=O)(=O)c1ccccc1. The molecule has 3 rings (SSSR count). The third-order valence-electron chi connectivity index (χ3n) is 4.47. The van der Waals surface area contributed by atoms with Gasteiger partial charge < -0.3 is 10.1 Å². The van der Waals surface area contributed by atoms with Crippen LogP contribution in [0.2, 0.25) is 0 Å². The largest absolute Gasteiger partial charge is 0.495 e. The number of carbonyl (C=O) groups is 1. The zero-order valence-electron chi connectivity index (χ0n) is 14.6. The monoisotopic (exact) mass is 374 g/mol. The average Bonchev–Trinajstić information content (AvgIpc) is 2.69. The summed E-state index contributed by atoms with van der Waals surface area (Å²) in [5.41, 5.74) is 0.530. The van der Waals surface area contributed by atoms with E-state index in [1.807, 2.05) is 0 Å². The van der Waals surface area contributed by atoms with E-state index < -0.39 is 16.1 Å². The molecule has 0 spiro atoms. The zero-order valence-corrected chi connectivity index (χ0v) is 15.4. The van der Waals surface area contributed by atoms with Crippen LogP contribution >= 0.6 is 0 Å². The Bertz CT molecular complexity index is 868. The number of methoxy groups -OCH3 is 1. The molecule has 6 nitrogen and oxygen atoms in total. The first-order valence-corrected chi connectivity index (χ1v) is 9.99. The molecule has 1 fully saturated rings. The smallest absolute Gasteiger partial charge is 0.243 e. The van der Waals surface area contributed by atoms with Gasteiger partial charge in [0.25, 0.3) is 0 Å². The first-order valence-electron chi connectivity index (χ1n) is 8.55. The highest BCUT2D eigenvalue weighted by atomic mass is 32.2. The van der Waals surface area contributed by atoms with Gasteiger partial charge in [-0.05, 0) is 37.1 Å². The highest BCUT2D eigenvalue weighted by molar-refractivity contribution is 7.89. The number of piperidine rings is 1. The maximum absolute atomic E-state index is 13.0. The quantitative estimate of drug-likeness (QED) is 0.873. The van der Waals surface area contributed by atoms with Crippen LogP contribution in [0.15, 0.2) is 59.5 Å². The van der Waals surface area contributed by atoms with Crippen LogP contribution in [0.4, 0.5) is 5.69 Å². The van der Waals surface area contributed by atoms with Gasteiger partial charge in [0.2, 0.25) is 15.9 Å². The number of ether oxygens (including phenoxy) is 1. The van der Waals surface area contributed by atoms with E-state index in [0.717, 1.165) is 12.8 Å². The molecule has 7 heteroatoms. The predicted molar refractivity (Wildman–Crippen MR) is 99.6 cm³/mol. The number of benzene rings is 2. The van der Waals surface area contributed by atoms with E-state index >= 15 is 0 Å². The summed E-state index contributed by atoms with van der Waals surface area (Å²) in [6, 6.07) is 14.6. The lowest BCUT2D eigenvalue weighted by Crippen LogP contribution is -2.49. The standard InChI is InChI=1S/C19H22N2O4S/c1-25-18-13-6-5-11-16(18)20-19(22)17-12-7-8-14-21(17)26(23,24)15-9-3-2-4-10-15/h2-6,9-11,13,17H,7-8,12,14H2,1H3,(H,20,22). The number of rotatable bonds is 5. The van der Waals surface area contributed by atoms with E-state index in [9.17, 15) is 13.2 Å². The van der Waals surface area contributed by atoms with Crippen molar-refractivity contribution < 1.29 is 17.9 Å². The van der Waals surface area contributed by atoms with Crippen molar-refractivity contribution in [2.45, 2.75) is 30.2 Å². The molecule has 2 aromatic carbocycles. The van der Waals surface area contributed by atoms with E-state index in [4.69, 9.17) is 4.74 Å². The molecule has 0 saturated carbocycles. The fourth-order valence-electron chi connectivity index (χ4n) is 3.15. The third-order valence-corrected chi connectivity index (χ3v) is 6.39. The van der Waals surface area contributed by atoms with E-state index in [0.29, 0.717) is 24.4 Å². The molecule has 26 heavy (non-hydrogen) atoms. The van der Waals surface area contributed by atoms with Gasteiger partial charge in [-0.15, -0.1) is 0 Å². The summed E-state index contributed by atoms with van der Waals surface area (Å²) < 4.78 is 32.6. The number of nitrogens with zero attached hydrogens (tertiary/aromatic N) is 1. The molecular weight excluding hydrogens is 352 g/mol. The van der Waals surface area contributed by atoms with Gasteiger partial charge in [-0.25, -0.2) is 8.42 Å². The van der Waals surface area contributed by atoms with Gasteiger partial charge in [-0.1, -0.05) is 36.8 Å². The van der Waals surface area contributed by atoms with Gasteiger partial charge in [0.05, 0.1) is 17.7 Å². The number of nitrogens with one attached hydrogen (secondary N) is 1. The Morgan fingerprint density at radius 1 is 1.08 bits per heavy atom.